The van der Waals surface area contributed by atoms with Crippen molar-refractivity contribution in [2.24, 2.45) is 0 Å². The first kappa shape index (κ1) is 29.0. The quantitative estimate of drug-likeness (QED) is 0.273. The van der Waals surface area contributed by atoms with Crippen LogP contribution in [0.5, 0.6) is 0 Å². The number of rotatable bonds is 6. The second-order valence-electron chi connectivity index (χ2n) is 6.64. The topological polar surface area (TPSA) is 73.7 Å². The molecule has 2 rings (SSSR count). The first-order valence-corrected chi connectivity index (χ1v) is 9.48. The lowest BCUT2D eigenvalue weighted by Gasteiger charge is -2.33. The maximum absolute atomic E-state index is 13.9. The predicted molar refractivity (Wildman–Crippen MR) is 106 cm³/mol. The molecule has 0 bridgehead atoms. The van der Waals surface area contributed by atoms with Crippen LogP contribution < -0.4 is 10.5 Å². The van der Waals surface area contributed by atoms with Crippen molar-refractivity contribution in [3.8, 4) is 0 Å². The van der Waals surface area contributed by atoms with E-state index in [1.54, 1.807) is 0 Å². The highest BCUT2D eigenvalue weighted by atomic mass is 35.5. The number of ether oxygens (including phenoxy) is 2. The van der Waals surface area contributed by atoms with Gasteiger partial charge >= 0.3 is 24.5 Å². The molecular formula is C19H13ClF9N3O4. The van der Waals surface area contributed by atoms with Gasteiger partial charge in [-0.3, -0.25) is 14.3 Å². The average molecular weight is 554 g/mol. The Balaban J connectivity index is 3.13. The van der Waals surface area contributed by atoms with Crippen molar-refractivity contribution in [2.75, 3.05) is 19.1 Å². The highest BCUT2D eigenvalue weighted by molar-refractivity contribution is 6.31. The van der Waals surface area contributed by atoms with E-state index in [2.05, 4.69) is 16.3 Å². The van der Waals surface area contributed by atoms with Crippen LogP contribution in [0.2, 0.25) is 5.02 Å². The minimum absolute atomic E-state index is 0.00343. The molecule has 1 aromatic heterocycles. The fourth-order valence-corrected chi connectivity index (χ4v) is 3.16. The number of carbonyl (C=O) groups is 1. The number of hydrogen-bond donors (Lipinski definition) is 0. The summed E-state index contributed by atoms with van der Waals surface area (Å²) in [4.78, 5) is 27.9. The molecule has 0 aliphatic heterocycles. The van der Waals surface area contributed by atoms with E-state index < -0.39 is 69.8 Å². The maximum Gasteiger partial charge on any atom is 0.435 e. The van der Waals surface area contributed by atoms with Crippen molar-refractivity contribution in [1.29, 1.82) is 0 Å². The van der Waals surface area contributed by atoms with E-state index in [-0.39, 0.29) is 27.7 Å². The number of hydrogen-bond acceptors (Lipinski definition) is 6. The van der Waals surface area contributed by atoms with E-state index >= 15 is 0 Å². The van der Waals surface area contributed by atoms with Gasteiger partial charge in [0, 0.05) is 13.3 Å². The molecule has 0 saturated carbocycles. The highest BCUT2D eigenvalue weighted by Gasteiger charge is 2.44. The van der Waals surface area contributed by atoms with Gasteiger partial charge in [-0.1, -0.05) is 18.2 Å². The van der Waals surface area contributed by atoms with Crippen LogP contribution in [-0.4, -0.2) is 36.0 Å². The summed E-state index contributed by atoms with van der Waals surface area (Å²) in [6.07, 6.45) is -18.1. The standard InChI is InChI=1S/C19H13ClF9N3O4/c1-4-31-13(33)11(20)12(19(27,28)29)30-16(31)32(14(35-2)15(34)36-3)10-6-5-8(17(21,22)23)7-9(10)18(24,25)26/h4-7,14H,1H2,2-3H3. The summed E-state index contributed by atoms with van der Waals surface area (Å²) >= 11 is 5.45. The lowest BCUT2D eigenvalue weighted by Crippen LogP contribution is -2.44. The Labute approximate surface area is 200 Å². The number of alkyl halides is 9. The van der Waals surface area contributed by atoms with Gasteiger partial charge in [-0.25, -0.2) is 9.78 Å². The number of carbonyl (C=O) groups excluding carboxylic acids is 1. The summed E-state index contributed by atoms with van der Waals surface area (Å²) in [5, 5.41) is -1.50. The van der Waals surface area contributed by atoms with Crippen molar-refractivity contribution < 1.29 is 53.8 Å². The van der Waals surface area contributed by atoms with Crippen LogP contribution in [0.3, 0.4) is 0 Å². The number of nitrogens with zero attached hydrogens (tertiary/aromatic N) is 3. The van der Waals surface area contributed by atoms with E-state index in [0.717, 1.165) is 14.2 Å². The van der Waals surface area contributed by atoms with Crippen molar-refractivity contribution in [1.82, 2.24) is 9.55 Å². The van der Waals surface area contributed by atoms with Crippen molar-refractivity contribution in [3.05, 3.63) is 57.0 Å². The van der Waals surface area contributed by atoms with Gasteiger partial charge in [0.25, 0.3) is 5.56 Å². The lowest BCUT2D eigenvalue weighted by molar-refractivity contribution is -0.152. The number of halogens is 10. The number of methoxy groups -OCH3 is 2. The molecule has 0 fully saturated rings. The first-order valence-electron chi connectivity index (χ1n) is 9.10. The third-order valence-electron chi connectivity index (χ3n) is 4.46. The zero-order valence-corrected chi connectivity index (χ0v) is 18.6. The average Bonchev–Trinajstić information content (AvgIpc) is 2.76. The highest BCUT2D eigenvalue weighted by Crippen LogP contribution is 2.44. The molecule has 2 aromatic rings. The number of aromatic nitrogens is 2. The van der Waals surface area contributed by atoms with Gasteiger partial charge in [-0.2, -0.15) is 39.5 Å². The Hall–Kier alpha value is -3.27. The molecule has 198 valence electrons. The largest absolute Gasteiger partial charge is 0.466 e. The van der Waals surface area contributed by atoms with Crippen molar-refractivity contribution >= 4 is 35.4 Å². The molecule has 17 heteroatoms. The molecule has 1 atom stereocenters. The van der Waals surface area contributed by atoms with Crippen LogP contribution in [0, 0.1) is 0 Å². The molecule has 0 N–H and O–H groups in total. The van der Waals surface area contributed by atoms with Crippen molar-refractivity contribution in [3.63, 3.8) is 0 Å². The van der Waals surface area contributed by atoms with Gasteiger partial charge in [0.2, 0.25) is 12.2 Å². The van der Waals surface area contributed by atoms with Crippen LogP contribution in [0.1, 0.15) is 16.8 Å². The second kappa shape index (κ2) is 10.0. The Morgan fingerprint density at radius 2 is 1.67 bits per heavy atom. The predicted octanol–water partition coefficient (Wildman–Crippen LogP) is 5.34. The Bertz CT molecular complexity index is 1220. The monoisotopic (exact) mass is 553 g/mol. The third kappa shape index (κ3) is 5.59. The van der Waals surface area contributed by atoms with E-state index in [4.69, 9.17) is 16.3 Å². The maximum atomic E-state index is 13.9. The van der Waals surface area contributed by atoms with Gasteiger partial charge in [0.1, 0.15) is 5.02 Å². The minimum Gasteiger partial charge on any atom is -0.466 e. The summed E-state index contributed by atoms with van der Waals surface area (Å²) in [5.74, 6) is -2.87. The summed E-state index contributed by atoms with van der Waals surface area (Å²) < 4.78 is 131. The zero-order valence-electron chi connectivity index (χ0n) is 17.8. The summed E-state index contributed by atoms with van der Waals surface area (Å²) in [6, 6.07) is 0.0316. The molecule has 36 heavy (non-hydrogen) atoms. The number of benzene rings is 1. The third-order valence-corrected chi connectivity index (χ3v) is 4.80. The van der Waals surface area contributed by atoms with Crippen molar-refractivity contribution in [2.45, 2.75) is 24.8 Å². The van der Waals surface area contributed by atoms with Crippen LogP contribution in [0.4, 0.5) is 51.1 Å². The Kier molecular flexibility index (Phi) is 8.05. The molecule has 0 aliphatic rings. The minimum atomic E-state index is -5.55. The van der Waals surface area contributed by atoms with Crippen LogP contribution in [0.15, 0.2) is 29.6 Å². The SMILES string of the molecule is C=Cn1c(N(c2ccc(C(F)(F)F)cc2C(F)(F)F)C(OC)C(=O)OC)nc(C(F)(F)F)c(Cl)c1=O. The molecule has 0 radical (unpaired) electrons. The zero-order chi connectivity index (χ0) is 27.8. The fourth-order valence-electron chi connectivity index (χ4n) is 2.92. The fraction of sp³-hybridized carbons (Fsp3) is 0.316. The molecule has 1 unspecified atom stereocenters. The molecule has 0 amide bonds. The molecule has 0 aliphatic carbocycles. The first-order chi connectivity index (χ1) is 16.4. The normalized spacial score (nSPS) is 13.3. The van der Waals surface area contributed by atoms with E-state index in [9.17, 15) is 49.1 Å². The number of anilines is 2. The summed E-state index contributed by atoms with van der Waals surface area (Å²) in [6.45, 7) is 3.16. The van der Waals surface area contributed by atoms with Gasteiger partial charge in [0.05, 0.1) is 23.9 Å². The smallest absolute Gasteiger partial charge is 0.435 e. The molecule has 0 saturated heterocycles. The lowest BCUT2D eigenvalue weighted by atomic mass is 10.1. The van der Waals surface area contributed by atoms with Gasteiger partial charge in [0.15, 0.2) is 5.69 Å². The van der Waals surface area contributed by atoms with Crippen LogP contribution >= 0.6 is 11.6 Å². The number of esters is 1. The second-order valence-corrected chi connectivity index (χ2v) is 7.02. The molecule has 1 aromatic carbocycles. The van der Waals surface area contributed by atoms with E-state index in [1.165, 1.54) is 0 Å². The van der Waals surface area contributed by atoms with Crippen LogP contribution in [0.25, 0.3) is 6.20 Å². The van der Waals surface area contributed by atoms with Gasteiger partial charge in [-0.05, 0) is 18.2 Å². The van der Waals surface area contributed by atoms with E-state index in [0.29, 0.717) is 6.20 Å². The molecule has 1 heterocycles. The molecular weight excluding hydrogens is 541 g/mol. The van der Waals surface area contributed by atoms with Gasteiger partial charge in [-0.15, -0.1) is 0 Å². The summed E-state index contributed by atoms with van der Waals surface area (Å²) in [5.41, 5.74) is -8.91. The molecule has 7 nitrogen and oxygen atoms in total. The Morgan fingerprint density at radius 3 is 2.08 bits per heavy atom. The summed E-state index contributed by atoms with van der Waals surface area (Å²) in [7, 11) is 1.46. The van der Waals surface area contributed by atoms with E-state index in [1.807, 2.05) is 0 Å². The Morgan fingerprint density at radius 1 is 1.08 bits per heavy atom. The van der Waals surface area contributed by atoms with Gasteiger partial charge < -0.3 is 9.47 Å². The van der Waals surface area contributed by atoms with Crippen LogP contribution in [-0.2, 0) is 32.8 Å². The molecule has 0 spiro atoms.